The third-order valence-electron chi connectivity index (χ3n) is 5.27. The van der Waals surface area contributed by atoms with Crippen molar-refractivity contribution in [1.29, 1.82) is 0 Å². The van der Waals surface area contributed by atoms with Gasteiger partial charge in [0.05, 0.1) is 15.7 Å². The number of amides is 1. The van der Waals surface area contributed by atoms with E-state index >= 15 is 0 Å². The monoisotopic (exact) mass is 458 g/mol. The number of carbonyl (C=O) groups is 2. The molecular weight excluding hydrogens is 435 g/mol. The number of fused-ring (bicyclic) bond motifs is 1. The second-order valence-electron chi connectivity index (χ2n) is 8.39. The quantitative estimate of drug-likeness (QED) is 0.564. The molecule has 0 unspecified atom stereocenters. The average Bonchev–Trinajstić information content (AvgIpc) is 2.68. The van der Waals surface area contributed by atoms with Crippen molar-refractivity contribution in [2.24, 2.45) is 5.41 Å². The fraction of sp³-hybridized carbons (Fsp3) is 0.292. The molecule has 1 aliphatic carbocycles. The minimum Gasteiger partial charge on any atom is -0.331 e. The van der Waals surface area contributed by atoms with Gasteiger partial charge in [-0.3, -0.25) is 19.0 Å². The van der Waals surface area contributed by atoms with Crippen molar-refractivity contribution in [2.45, 2.75) is 26.7 Å². The normalized spacial score (nSPS) is 14.6. The highest BCUT2D eigenvalue weighted by Gasteiger charge is 2.35. The maximum Gasteiger partial charge on any atom is 0.268 e. The summed E-state index contributed by atoms with van der Waals surface area (Å²) in [5, 5.41) is 0.622. The van der Waals surface area contributed by atoms with Crippen LogP contribution < -0.4 is 5.56 Å². The van der Waals surface area contributed by atoms with Gasteiger partial charge in [0.15, 0.2) is 5.78 Å². The number of halogens is 2. The van der Waals surface area contributed by atoms with Crippen molar-refractivity contribution in [3.63, 3.8) is 0 Å². The molecule has 162 valence electrons. The molecule has 2 aromatic rings. The summed E-state index contributed by atoms with van der Waals surface area (Å²) in [6.45, 7) is 11.8. The van der Waals surface area contributed by atoms with Gasteiger partial charge in [0.2, 0.25) is 0 Å². The largest absolute Gasteiger partial charge is 0.331 e. The molecule has 1 aromatic carbocycles. The van der Waals surface area contributed by atoms with E-state index in [0.29, 0.717) is 34.8 Å². The predicted octanol–water partition coefficient (Wildman–Crippen LogP) is 5.11. The van der Waals surface area contributed by atoms with Crippen LogP contribution in [0.4, 0.5) is 0 Å². The minimum absolute atomic E-state index is 0.0819. The van der Waals surface area contributed by atoms with E-state index in [9.17, 15) is 14.4 Å². The zero-order chi connectivity index (χ0) is 22.9. The molecule has 0 N–H and O–H groups in total. The molecule has 1 heterocycles. The van der Waals surface area contributed by atoms with Crippen LogP contribution in [0.1, 0.15) is 46.7 Å². The number of ketones is 1. The van der Waals surface area contributed by atoms with Crippen LogP contribution in [0.25, 0.3) is 5.69 Å². The fourth-order valence-corrected chi connectivity index (χ4v) is 4.18. The molecule has 0 radical (unpaired) electrons. The van der Waals surface area contributed by atoms with E-state index in [2.05, 4.69) is 13.2 Å². The number of carbonyl (C=O) groups excluding carboxylic acids is 2. The Morgan fingerprint density at radius 2 is 1.74 bits per heavy atom. The van der Waals surface area contributed by atoms with Gasteiger partial charge >= 0.3 is 0 Å². The van der Waals surface area contributed by atoms with Crippen molar-refractivity contribution >= 4 is 34.9 Å². The van der Waals surface area contributed by atoms with Gasteiger partial charge in [-0.15, -0.1) is 13.2 Å². The summed E-state index contributed by atoms with van der Waals surface area (Å²) in [6.07, 6.45) is 3.98. The Bertz CT molecular complexity index is 1140. The molecule has 7 heteroatoms. The number of rotatable bonds is 6. The average molecular weight is 459 g/mol. The van der Waals surface area contributed by atoms with E-state index in [1.807, 2.05) is 13.8 Å². The first-order chi connectivity index (χ1) is 14.6. The topological polar surface area (TPSA) is 59.4 Å². The lowest BCUT2D eigenvalue weighted by Gasteiger charge is -2.32. The Morgan fingerprint density at radius 1 is 1.10 bits per heavy atom. The minimum atomic E-state index is -0.509. The lowest BCUT2D eigenvalue weighted by atomic mass is 9.75. The van der Waals surface area contributed by atoms with E-state index in [1.54, 1.807) is 30.4 Å². The Kier molecular flexibility index (Phi) is 6.58. The summed E-state index contributed by atoms with van der Waals surface area (Å²) in [7, 11) is 0. The highest BCUT2D eigenvalue weighted by Crippen LogP contribution is 2.36. The summed E-state index contributed by atoms with van der Waals surface area (Å²) in [5.74, 6) is -0.591. The highest BCUT2D eigenvalue weighted by atomic mass is 35.5. The Balaban J connectivity index is 2.32. The molecule has 0 fully saturated rings. The van der Waals surface area contributed by atoms with Gasteiger partial charge in [-0.25, -0.2) is 0 Å². The highest BCUT2D eigenvalue weighted by molar-refractivity contribution is 6.42. The van der Waals surface area contributed by atoms with Crippen LogP contribution in [-0.4, -0.2) is 34.2 Å². The maximum atomic E-state index is 13.6. The van der Waals surface area contributed by atoms with Crippen LogP contribution >= 0.6 is 23.2 Å². The van der Waals surface area contributed by atoms with E-state index in [1.165, 1.54) is 15.5 Å². The molecule has 1 aromatic heterocycles. The van der Waals surface area contributed by atoms with Gasteiger partial charge in [0.1, 0.15) is 5.56 Å². The first kappa shape index (κ1) is 23.0. The predicted molar refractivity (Wildman–Crippen MR) is 125 cm³/mol. The fourth-order valence-electron chi connectivity index (χ4n) is 3.89. The zero-order valence-corrected chi connectivity index (χ0v) is 19.1. The van der Waals surface area contributed by atoms with E-state index in [-0.39, 0.29) is 34.9 Å². The summed E-state index contributed by atoms with van der Waals surface area (Å²) in [6, 6.07) is 6.24. The molecule has 0 atom stereocenters. The smallest absolute Gasteiger partial charge is 0.268 e. The number of aromatic nitrogens is 1. The van der Waals surface area contributed by atoms with Crippen molar-refractivity contribution in [3.8, 4) is 5.69 Å². The number of hydrogen-bond donors (Lipinski definition) is 0. The van der Waals surface area contributed by atoms with Gasteiger partial charge in [0.25, 0.3) is 11.5 Å². The molecule has 0 saturated carbocycles. The first-order valence-corrected chi connectivity index (χ1v) is 10.6. The second kappa shape index (κ2) is 8.85. The van der Waals surface area contributed by atoms with Gasteiger partial charge in [-0.1, -0.05) is 49.2 Å². The van der Waals surface area contributed by atoms with Gasteiger partial charge < -0.3 is 4.90 Å². The van der Waals surface area contributed by atoms with Crippen LogP contribution in [-0.2, 0) is 6.42 Å². The molecule has 3 rings (SSSR count). The molecule has 0 saturated heterocycles. The molecule has 1 amide bonds. The molecule has 0 aliphatic heterocycles. The molecular formula is C24H24Cl2N2O3. The van der Waals surface area contributed by atoms with E-state index in [0.717, 1.165) is 0 Å². The van der Waals surface area contributed by atoms with Crippen molar-refractivity contribution in [1.82, 2.24) is 9.47 Å². The van der Waals surface area contributed by atoms with Crippen molar-refractivity contribution in [3.05, 3.63) is 86.8 Å². The lowest BCUT2D eigenvalue weighted by Crippen LogP contribution is -2.40. The molecule has 5 nitrogen and oxygen atoms in total. The second-order valence-corrected chi connectivity index (χ2v) is 9.20. The molecule has 1 aliphatic rings. The Morgan fingerprint density at radius 3 is 2.32 bits per heavy atom. The zero-order valence-electron chi connectivity index (χ0n) is 17.6. The van der Waals surface area contributed by atoms with Crippen LogP contribution in [0.2, 0.25) is 10.0 Å². The summed E-state index contributed by atoms with van der Waals surface area (Å²) in [4.78, 5) is 41.3. The van der Waals surface area contributed by atoms with Gasteiger partial charge in [0, 0.05) is 30.8 Å². The number of nitrogens with zero attached hydrogens (tertiary/aromatic N) is 2. The third-order valence-corrected chi connectivity index (χ3v) is 6.01. The summed E-state index contributed by atoms with van der Waals surface area (Å²) < 4.78 is 1.42. The molecule has 31 heavy (non-hydrogen) atoms. The Labute approximate surface area is 191 Å². The van der Waals surface area contributed by atoms with Gasteiger partial charge in [-0.2, -0.15) is 0 Å². The number of benzene rings is 1. The van der Waals surface area contributed by atoms with Crippen LogP contribution in [0, 0.1) is 5.41 Å². The van der Waals surface area contributed by atoms with E-state index in [4.69, 9.17) is 23.2 Å². The maximum absolute atomic E-state index is 13.6. The van der Waals surface area contributed by atoms with Crippen LogP contribution in [0.5, 0.6) is 0 Å². The summed E-state index contributed by atoms with van der Waals surface area (Å²) >= 11 is 12.3. The Hall–Kier alpha value is -2.63. The van der Waals surface area contributed by atoms with Crippen molar-refractivity contribution < 1.29 is 9.59 Å². The number of Topliss-reactive ketones (excluding diaryl/α,β-unsaturated/α-hetero) is 1. The van der Waals surface area contributed by atoms with Crippen LogP contribution in [0.15, 0.2) is 54.4 Å². The number of hydrogen-bond acceptors (Lipinski definition) is 3. The van der Waals surface area contributed by atoms with Crippen molar-refractivity contribution in [2.75, 3.05) is 13.1 Å². The number of pyridine rings is 1. The standard InChI is InChI=1S/C24H24Cl2N2O3/c1-5-9-27(10-6-2)22(30)17-12-16-20(13-24(3,4)14-21(16)29)28(23(17)31)15-7-8-18(25)19(26)11-15/h5-8,11-12H,1-2,9-10,13-14H2,3-4H3. The van der Waals surface area contributed by atoms with E-state index < -0.39 is 11.5 Å². The summed E-state index contributed by atoms with van der Waals surface area (Å²) in [5.41, 5.74) is 0.491. The molecule has 0 bridgehead atoms. The molecule has 0 spiro atoms. The van der Waals surface area contributed by atoms with Gasteiger partial charge in [-0.05, 0) is 36.1 Å². The third kappa shape index (κ3) is 4.53. The first-order valence-electron chi connectivity index (χ1n) is 9.88. The SMILES string of the molecule is C=CCN(CC=C)C(=O)c1cc2c(n(-c3ccc(Cl)c(Cl)c3)c1=O)CC(C)(C)CC2=O. The van der Waals surface area contributed by atoms with Crippen LogP contribution in [0.3, 0.4) is 0 Å². The lowest BCUT2D eigenvalue weighted by molar-refractivity contribution is 0.0788.